The first-order valence-corrected chi connectivity index (χ1v) is 20.0. The number of aryl methyl sites for hydroxylation is 1. The van der Waals surface area contributed by atoms with Crippen molar-refractivity contribution in [1.82, 2.24) is 30.2 Å². The van der Waals surface area contributed by atoms with Gasteiger partial charge in [0, 0.05) is 12.3 Å². The van der Waals surface area contributed by atoms with Crippen molar-refractivity contribution in [2.45, 2.75) is 126 Å². The highest BCUT2D eigenvalue weighted by Gasteiger charge is 2.62. The Morgan fingerprint density at radius 1 is 1.08 bits per heavy atom. The molecule has 2 aliphatic carbocycles. The number of aromatic nitrogens is 2. The van der Waals surface area contributed by atoms with Gasteiger partial charge in [-0.15, -0.1) is 13.2 Å². The van der Waals surface area contributed by atoms with Crippen LogP contribution in [-0.4, -0.2) is 88.2 Å². The van der Waals surface area contributed by atoms with Gasteiger partial charge < -0.3 is 25.0 Å². The van der Waals surface area contributed by atoms with Gasteiger partial charge in [-0.05, 0) is 77.8 Å². The van der Waals surface area contributed by atoms with E-state index in [9.17, 15) is 27.6 Å². The van der Waals surface area contributed by atoms with Gasteiger partial charge in [-0.25, -0.2) is 23.2 Å². The predicted molar refractivity (Wildman–Crippen MR) is 199 cm³/mol. The van der Waals surface area contributed by atoms with Crippen LogP contribution in [0, 0.1) is 5.92 Å². The number of fused-ring (bicyclic) bond motifs is 1. The summed E-state index contributed by atoms with van der Waals surface area (Å²) in [5.74, 6) is -2.25. The highest BCUT2D eigenvalue weighted by atomic mass is 32.2. The number of hydrogen-bond donors (Lipinski definition) is 3. The van der Waals surface area contributed by atoms with Gasteiger partial charge in [0.15, 0.2) is 0 Å². The Balaban J connectivity index is 1.43. The van der Waals surface area contributed by atoms with Crippen molar-refractivity contribution >= 4 is 44.9 Å². The summed E-state index contributed by atoms with van der Waals surface area (Å²) in [7, 11) is -3.90. The second-order valence-electron chi connectivity index (χ2n) is 15.1. The molecule has 5 atom stereocenters. The van der Waals surface area contributed by atoms with Gasteiger partial charge in [-0.2, -0.15) is 0 Å². The van der Waals surface area contributed by atoms with E-state index in [1.807, 2.05) is 37.3 Å². The third kappa shape index (κ3) is 9.72. The lowest BCUT2D eigenvalue weighted by atomic mass is 10.0. The van der Waals surface area contributed by atoms with E-state index in [1.165, 1.54) is 11.0 Å². The van der Waals surface area contributed by atoms with E-state index in [2.05, 4.69) is 28.5 Å². The van der Waals surface area contributed by atoms with Crippen molar-refractivity contribution in [3.63, 3.8) is 0 Å². The second kappa shape index (κ2) is 16.2. The number of unbranched alkanes of at least 4 members (excludes halogenated alkanes) is 3. The average Bonchev–Trinajstić information content (AvgIpc) is 4.03. The van der Waals surface area contributed by atoms with Crippen LogP contribution in [0.3, 0.4) is 0 Å². The molecule has 0 radical (unpaired) electrons. The molecule has 288 valence electrons. The quantitative estimate of drug-likeness (QED) is 0.156. The lowest BCUT2D eigenvalue weighted by Crippen LogP contribution is -2.58. The molecule has 1 aromatic heterocycles. The predicted octanol–water partition coefficient (Wildman–Crippen LogP) is 4.24. The number of hydrogen-bond acceptors (Lipinski definition) is 10. The number of nitrogens with one attached hydrogen (secondary N) is 3. The van der Waals surface area contributed by atoms with Crippen molar-refractivity contribution in [2.24, 2.45) is 5.92 Å². The topological polar surface area (TPSA) is 186 Å². The summed E-state index contributed by atoms with van der Waals surface area (Å²) >= 11 is 0. The first-order valence-electron chi connectivity index (χ1n) is 18.4. The minimum absolute atomic E-state index is 0.0301. The molecule has 14 nitrogen and oxygen atoms in total. The summed E-state index contributed by atoms with van der Waals surface area (Å²) < 4.78 is 39.5. The summed E-state index contributed by atoms with van der Waals surface area (Å²) in [5.41, 5.74) is -0.432. The highest BCUT2D eigenvalue weighted by Crippen LogP contribution is 2.45. The Bertz CT molecular complexity index is 1840. The van der Waals surface area contributed by atoms with Crippen LogP contribution in [0.2, 0.25) is 0 Å². The maximum atomic E-state index is 14.5. The minimum atomic E-state index is -3.90. The Kier molecular flexibility index (Phi) is 12.1. The molecule has 0 bridgehead atoms. The fourth-order valence-corrected chi connectivity index (χ4v) is 7.98. The monoisotopic (exact) mass is 752 g/mol. The van der Waals surface area contributed by atoms with E-state index in [4.69, 9.17) is 19.4 Å². The number of carbonyl (C=O) groups excluding carboxylic acids is 4. The molecule has 2 saturated carbocycles. The van der Waals surface area contributed by atoms with Crippen LogP contribution in [-0.2, 0) is 35.6 Å². The van der Waals surface area contributed by atoms with Gasteiger partial charge in [-0.3, -0.25) is 19.1 Å². The van der Waals surface area contributed by atoms with Gasteiger partial charge in [0.1, 0.15) is 35.0 Å². The molecule has 0 spiro atoms. The summed E-state index contributed by atoms with van der Waals surface area (Å²) in [6.45, 7) is 14.6. The molecule has 15 heteroatoms. The van der Waals surface area contributed by atoms with Crippen LogP contribution in [0.1, 0.15) is 91.2 Å². The van der Waals surface area contributed by atoms with Crippen molar-refractivity contribution in [2.75, 3.05) is 6.54 Å². The summed E-state index contributed by atoms with van der Waals surface area (Å²) in [6.07, 6.45) is 6.81. The fourth-order valence-electron chi connectivity index (χ4n) is 6.62. The maximum Gasteiger partial charge on any atom is 0.408 e. The molecule has 3 N–H and O–H groups in total. The number of alkyl carbamates (subject to hydrolysis) is 1. The number of rotatable bonds is 17. The molecular formula is C38H52N6O8S. The largest absolute Gasteiger partial charge is 0.471 e. The molecule has 3 aliphatic rings. The molecule has 1 saturated heterocycles. The van der Waals surface area contributed by atoms with Gasteiger partial charge in [0.2, 0.25) is 27.7 Å². The minimum Gasteiger partial charge on any atom is -0.471 e. The van der Waals surface area contributed by atoms with E-state index < -0.39 is 74.3 Å². The van der Waals surface area contributed by atoms with Gasteiger partial charge in [0.05, 0.1) is 22.8 Å². The fraction of sp³-hybridized carbons (Fsp3) is 0.579. The molecule has 2 aromatic rings. The van der Waals surface area contributed by atoms with E-state index in [1.54, 1.807) is 20.8 Å². The highest BCUT2D eigenvalue weighted by molar-refractivity contribution is 7.91. The Morgan fingerprint density at radius 3 is 2.38 bits per heavy atom. The lowest BCUT2D eigenvalue weighted by Gasteiger charge is -2.30. The molecule has 53 heavy (non-hydrogen) atoms. The van der Waals surface area contributed by atoms with E-state index in [0.717, 1.165) is 19.3 Å². The SMILES string of the molecule is C=CCCCCC[C@H](NC(=O)OC(C)(C)C)C(=O)N1C[C@H](Oc2nc3ccccc3nc2CC)C[C@H]1C(=O)N[C@]1(C(=O)NS(=O)(=O)C2CC2)C[C@H]1C=C. The maximum absolute atomic E-state index is 14.5. The average molecular weight is 753 g/mol. The van der Waals surface area contributed by atoms with E-state index in [-0.39, 0.29) is 31.7 Å². The summed E-state index contributed by atoms with van der Waals surface area (Å²) in [5, 5.41) is 4.89. The normalized spacial score (nSPS) is 23.1. The van der Waals surface area contributed by atoms with Crippen molar-refractivity contribution in [3.05, 3.63) is 55.3 Å². The zero-order valence-electron chi connectivity index (χ0n) is 31.1. The van der Waals surface area contributed by atoms with Gasteiger partial charge in [0.25, 0.3) is 5.91 Å². The molecule has 5 rings (SSSR count). The number of likely N-dealkylation sites (tertiary alicyclic amines) is 1. The standard InChI is InChI=1S/C38H52N6O8S/c1-7-10-11-12-13-18-30(41-36(48)52-37(4,5)6)34(46)44-23-25(51-33-27(9-3)39-28-16-14-15-17-29(28)40-33)21-31(44)32(45)42-38(22-24(38)8-2)35(47)43-53(49,50)26-19-20-26/h7-8,14-17,24-26,30-31H,1-2,9-13,18-23H2,3-6H3,(H,41,48)(H,42,45)(H,43,47)/t24-,25-,30+,31+,38-/m1/s1. The molecule has 2 heterocycles. The van der Waals surface area contributed by atoms with Crippen molar-refractivity contribution in [3.8, 4) is 5.88 Å². The van der Waals surface area contributed by atoms with Crippen LogP contribution < -0.4 is 20.1 Å². The molecule has 0 unspecified atom stereocenters. The molecule has 1 aliphatic heterocycles. The Labute approximate surface area is 311 Å². The van der Waals surface area contributed by atoms with Gasteiger partial charge in [-0.1, -0.05) is 44.1 Å². The number of para-hydroxylation sites is 2. The third-order valence-electron chi connectivity index (χ3n) is 9.71. The molecule has 1 aromatic carbocycles. The summed E-state index contributed by atoms with van der Waals surface area (Å²) in [6, 6.07) is 5.22. The van der Waals surface area contributed by atoms with Crippen molar-refractivity contribution < 1.29 is 37.1 Å². The van der Waals surface area contributed by atoms with Crippen LogP contribution in [0.15, 0.2) is 49.6 Å². The summed E-state index contributed by atoms with van der Waals surface area (Å²) in [4.78, 5) is 66.0. The molecule has 3 fully saturated rings. The zero-order valence-corrected chi connectivity index (χ0v) is 31.9. The van der Waals surface area contributed by atoms with Crippen LogP contribution in [0.5, 0.6) is 5.88 Å². The van der Waals surface area contributed by atoms with Crippen LogP contribution in [0.4, 0.5) is 4.79 Å². The number of allylic oxidation sites excluding steroid dienone is 1. The number of carbonyl (C=O) groups is 4. The van der Waals surface area contributed by atoms with Crippen LogP contribution in [0.25, 0.3) is 11.0 Å². The number of sulfonamides is 1. The number of ether oxygens (including phenoxy) is 2. The first-order chi connectivity index (χ1) is 25.1. The smallest absolute Gasteiger partial charge is 0.408 e. The lowest BCUT2D eigenvalue weighted by molar-refractivity contribution is -0.141. The number of benzene rings is 1. The molecular weight excluding hydrogens is 701 g/mol. The van der Waals surface area contributed by atoms with E-state index in [0.29, 0.717) is 42.4 Å². The Morgan fingerprint density at radius 2 is 1.77 bits per heavy atom. The van der Waals surface area contributed by atoms with Crippen LogP contribution >= 0.6 is 0 Å². The Hall–Kier alpha value is -4.53. The zero-order chi connectivity index (χ0) is 38.6. The first kappa shape index (κ1) is 39.7. The second-order valence-corrected chi connectivity index (χ2v) is 17.1. The number of amides is 4. The molecule has 4 amide bonds. The number of nitrogens with zero attached hydrogens (tertiary/aromatic N) is 3. The third-order valence-corrected chi connectivity index (χ3v) is 11.5. The van der Waals surface area contributed by atoms with Crippen molar-refractivity contribution in [1.29, 1.82) is 0 Å². The van der Waals surface area contributed by atoms with Gasteiger partial charge >= 0.3 is 6.09 Å². The van der Waals surface area contributed by atoms with E-state index >= 15 is 0 Å².